The first-order chi connectivity index (χ1) is 12.6. The van der Waals surface area contributed by atoms with Crippen molar-refractivity contribution < 1.29 is 14.3 Å². The van der Waals surface area contributed by atoms with Crippen LogP contribution in [0.25, 0.3) is 0 Å². The van der Waals surface area contributed by atoms with Crippen molar-refractivity contribution in [2.45, 2.75) is 12.5 Å². The average Bonchev–Trinajstić information content (AvgIpc) is 2.67. The summed E-state index contributed by atoms with van der Waals surface area (Å²) in [6.45, 7) is 1.24. The third-order valence-corrected chi connectivity index (χ3v) is 5.23. The summed E-state index contributed by atoms with van der Waals surface area (Å²) in [5.74, 6) is 0.391. The first-order valence-electron chi connectivity index (χ1n) is 8.65. The Balaban J connectivity index is 1.46. The van der Waals surface area contributed by atoms with Crippen molar-refractivity contribution in [2.24, 2.45) is 0 Å². The Kier molecular flexibility index (Phi) is 4.55. The SMILES string of the molecule is O=C(COc1ccc(Cl)cc1)N1CC(=O)N2CCc3ccccc3C2C1. The molecule has 5 nitrogen and oxygen atoms in total. The van der Waals surface area contributed by atoms with E-state index in [2.05, 4.69) is 12.1 Å². The summed E-state index contributed by atoms with van der Waals surface area (Å²) in [5.41, 5.74) is 2.40. The van der Waals surface area contributed by atoms with Gasteiger partial charge in [0.2, 0.25) is 5.91 Å². The van der Waals surface area contributed by atoms with E-state index in [4.69, 9.17) is 16.3 Å². The van der Waals surface area contributed by atoms with E-state index < -0.39 is 0 Å². The zero-order valence-electron chi connectivity index (χ0n) is 14.2. The van der Waals surface area contributed by atoms with Crippen LogP contribution in [0.2, 0.25) is 5.02 Å². The molecular weight excluding hydrogens is 352 g/mol. The van der Waals surface area contributed by atoms with Crippen LogP contribution in [-0.2, 0) is 16.0 Å². The van der Waals surface area contributed by atoms with Crippen LogP contribution in [0.3, 0.4) is 0 Å². The number of carbonyl (C=O) groups is 2. The lowest BCUT2D eigenvalue weighted by molar-refractivity contribution is -0.150. The summed E-state index contributed by atoms with van der Waals surface area (Å²) in [5, 5.41) is 0.612. The monoisotopic (exact) mass is 370 g/mol. The highest BCUT2D eigenvalue weighted by atomic mass is 35.5. The number of benzene rings is 2. The number of nitrogens with zero attached hydrogens (tertiary/aromatic N) is 2. The molecule has 6 heteroatoms. The summed E-state index contributed by atoms with van der Waals surface area (Å²) in [4.78, 5) is 28.6. The van der Waals surface area contributed by atoms with Crippen LogP contribution in [0.5, 0.6) is 5.75 Å². The Morgan fingerprint density at radius 2 is 1.92 bits per heavy atom. The van der Waals surface area contributed by atoms with Crippen molar-refractivity contribution in [3.63, 3.8) is 0 Å². The summed E-state index contributed by atoms with van der Waals surface area (Å²) < 4.78 is 5.54. The van der Waals surface area contributed by atoms with Crippen LogP contribution in [0.15, 0.2) is 48.5 Å². The highest BCUT2D eigenvalue weighted by Gasteiger charge is 2.38. The van der Waals surface area contributed by atoms with E-state index in [0.29, 0.717) is 23.9 Å². The molecule has 2 heterocycles. The van der Waals surface area contributed by atoms with Gasteiger partial charge in [-0.05, 0) is 41.8 Å². The van der Waals surface area contributed by atoms with Gasteiger partial charge in [-0.3, -0.25) is 9.59 Å². The van der Waals surface area contributed by atoms with Crippen LogP contribution in [0, 0.1) is 0 Å². The number of halogens is 1. The summed E-state index contributed by atoms with van der Waals surface area (Å²) in [7, 11) is 0. The van der Waals surface area contributed by atoms with Gasteiger partial charge in [-0.25, -0.2) is 0 Å². The summed E-state index contributed by atoms with van der Waals surface area (Å²) in [6.07, 6.45) is 0.867. The Morgan fingerprint density at radius 1 is 1.15 bits per heavy atom. The quantitative estimate of drug-likeness (QED) is 0.834. The molecule has 0 saturated carbocycles. The summed E-state index contributed by atoms with van der Waals surface area (Å²) >= 11 is 5.85. The van der Waals surface area contributed by atoms with E-state index in [1.807, 2.05) is 17.0 Å². The van der Waals surface area contributed by atoms with E-state index in [1.54, 1.807) is 29.2 Å². The lowest BCUT2D eigenvalue weighted by Crippen LogP contribution is -2.56. The van der Waals surface area contributed by atoms with Gasteiger partial charge >= 0.3 is 0 Å². The number of amides is 2. The van der Waals surface area contributed by atoms with Crippen molar-refractivity contribution in [1.29, 1.82) is 0 Å². The number of rotatable bonds is 3. The number of hydrogen-bond acceptors (Lipinski definition) is 3. The fourth-order valence-corrected chi connectivity index (χ4v) is 3.76. The van der Waals surface area contributed by atoms with Gasteiger partial charge in [0.15, 0.2) is 6.61 Å². The maximum atomic E-state index is 12.6. The fourth-order valence-electron chi connectivity index (χ4n) is 3.63. The van der Waals surface area contributed by atoms with Crippen molar-refractivity contribution in [3.05, 3.63) is 64.7 Å². The molecule has 4 rings (SSSR count). The number of carbonyl (C=O) groups excluding carboxylic acids is 2. The molecule has 0 aliphatic carbocycles. The molecule has 1 atom stereocenters. The van der Waals surface area contributed by atoms with Gasteiger partial charge in [0.25, 0.3) is 5.91 Å². The van der Waals surface area contributed by atoms with Crippen LogP contribution < -0.4 is 4.74 Å². The standard InChI is InChI=1S/C20H19ClN2O3/c21-15-5-7-16(8-6-15)26-13-20(25)22-11-18-17-4-2-1-3-14(17)9-10-23(18)19(24)12-22/h1-8,18H,9-13H2. The lowest BCUT2D eigenvalue weighted by atomic mass is 9.91. The molecular formula is C20H19ClN2O3. The van der Waals surface area contributed by atoms with E-state index in [1.165, 1.54) is 5.56 Å². The van der Waals surface area contributed by atoms with Gasteiger partial charge in [0.05, 0.1) is 12.6 Å². The molecule has 26 heavy (non-hydrogen) atoms. The number of piperazine rings is 1. The average molecular weight is 371 g/mol. The normalized spacial score (nSPS) is 19.0. The third-order valence-electron chi connectivity index (χ3n) is 4.98. The van der Waals surface area contributed by atoms with Gasteiger partial charge in [-0.1, -0.05) is 35.9 Å². The minimum atomic E-state index is -0.184. The van der Waals surface area contributed by atoms with Crippen molar-refractivity contribution in [1.82, 2.24) is 9.80 Å². The van der Waals surface area contributed by atoms with Gasteiger partial charge in [-0.2, -0.15) is 0 Å². The molecule has 0 spiro atoms. The molecule has 2 aromatic carbocycles. The fraction of sp³-hybridized carbons (Fsp3) is 0.300. The smallest absolute Gasteiger partial charge is 0.261 e. The Hall–Kier alpha value is -2.53. The predicted molar refractivity (Wildman–Crippen MR) is 98.1 cm³/mol. The highest BCUT2D eigenvalue weighted by Crippen LogP contribution is 2.33. The van der Waals surface area contributed by atoms with Gasteiger partial charge in [0, 0.05) is 18.1 Å². The van der Waals surface area contributed by atoms with E-state index >= 15 is 0 Å². The number of fused-ring (bicyclic) bond motifs is 3. The molecule has 1 saturated heterocycles. The van der Waals surface area contributed by atoms with Crippen LogP contribution >= 0.6 is 11.6 Å². The second-order valence-electron chi connectivity index (χ2n) is 6.57. The van der Waals surface area contributed by atoms with Crippen LogP contribution in [0.1, 0.15) is 17.2 Å². The topological polar surface area (TPSA) is 49.9 Å². The first kappa shape index (κ1) is 16.9. The molecule has 2 amide bonds. The molecule has 0 N–H and O–H groups in total. The Labute approximate surface area is 157 Å². The zero-order valence-corrected chi connectivity index (χ0v) is 15.0. The Morgan fingerprint density at radius 3 is 2.73 bits per heavy atom. The molecule has 2 aromatic rings. The second-order valence-corrected chi connectivity index (χ2v) is 7.01. The van der Waals surface area contributed by atoms with Crippen molar-refractivity contribution in [3.8, 4) is 5.75 Å². The van der Waals surface area contributed by atoms with E-state index in [9.17, 15) is 9.59 Å². The molecule has 0 aromatic heterocycles. The largest absolute Gasteiger partial charge is 0.484 e. The Bertz CT molecular complexity index is 837. The molecule has 0 bridgehead atoms. The minimum Gasteiger partial charge on any atom is -0.484 e. The zero-order chi connectivity index (χ0) is 18.1. The lowest BCUT2D eigenvalue weighted by Gasteiger charge is -2.44. The molecule has 0 radical (unpaired) electrons. The van der Waals surface area contributed by atoms with Gasteiger partial charge in [-0.15, -0.1) is 0 Å². The first-order valence-corrected chi connectivity index (χ1v) is 9.03. The van der Waals surface area contributed by atoms with Crippen molar-refractivity contribution >= 4 is 23.4 Å². The van der Waals surface area contributed by atoms with Crippen LogP contribution in [-0.4, -0.2) is 47.9 Å². The van der Waals surface area contributed by atoms with Gasteiger partial charge < -0.3 is 14.5 Å². The molecule has 1 fully saturated rings. The number of hydrogen-bond donors (Lipinski definition) is 0. The van der Waals surface area contributed by atoms with Crippen molar-refractivity contribution in [2.75, 3.05) is 26.2 Å². The summed E-state index contributed by atoms with van der Waals surface area (Å²) in [6, 6.07) is 14.9. The second kappa shape index (κ2) is 7.00. The maximum Gasteiger partial charge on any atom is 0.261 e. The molecule has 2 aliphatic rings. The van der Waals surface area contributed by atoms with Crippen LogP contribution in [0.4, 0.5) is 0 Å². The maximum absolute atomic E-state index is 12.6. The number of ether oxygens (including phenoxy) is 1. The molecule has 2 aliphatic heterocycles. The molecule has 1 unspecified atom stereocenters. The van der Waals surface area contributed by atoms with E-state index in [0.717, 1.165) is 12.0 Å². The molecule has 134 valence electrons. The van der Waals surface area contributed by atoms with Gasteiger partial charge in [0.1, 0.15) is 5.75 Å². The van der Waals surface area contributed by atoms with E-state index in [-0.39, 0.29) is 31.0 Å². The third kappa shape index (κ3) is 3.27. The predicted octanol–water partition coefficient (Wildman–Crippen LogP) is 2.69. The minimum absolute atomic E-state index is 0.00408. The highest BCUT2D eigenvalue weighted by molar-refractivity contribution is 6.30.